The summed E-state index contributed by atoms with van der Waals surface area (Å²) in [6, 6.07) is 11.0. The number of rotatable bonds is 5. The summed E-state index contributed by atoms with van der Waals surface area (Å²) in [5, 5.41) is 0. The molecule has 0 radical (unpaired) electrons. The maximum absolute atomic E-state index is 13.5. The second-order valence-electron chi connectivity index (χ2n) is 9.37. The van der Waals surface area contributed by atoms with E-state index in [1.165, 1.54) is 24.3 Å². The van der Waals surface area contributed by atoms with Gasteiger partial charge in [0.1, 0.15) is 0 Å². The first-order valence-corrected chi connectivity index (χ1v) is 10.8. The third kappa shape index (κ3) is 3.96. The molecule has 2 aromatic carbocycles. The van der Waals surface area contributed by atoms with Crippen LogP contribution in [0.3, 0.4) is 0 Å². The number of alkyl halides is 2. The highest BCUT2D eigenvalue weighted by Gasteiger charge is 2.52. The Morgan fingerprint density at radius 1 is 1.03 bits per heavy atom. The second kappa shape index (κ2) is 8.25. The van der Waals surface area contributed by atoms with Crippen molar-refractivity contribution in [2.75, 3.05) is 18.1 Å². The summed E-state index contributed by atoms with van der Waals surface area (Å²) in [7, 11) is -0.556. The van der Waals surface area contributed by atoms with E-state index >= 15 is 0 Å². The van der Waals surface area contributed by atoms with Crippen LogP contribution < -0.4 is 10.4 Å². The highest BCUT2D eigenvalue weighted by atomic mass is 19.3. The van der Waals surface area contributed by atoms with E-state index < -0.39 is 24.7 Å². The first-order chi connectivity index (χ1) is 15.0. The Hall–Kier alpha value is -2.29. The molecule has 170 valence electrons. The van der Waals surface area contributed by atoms with Gasteiger partial charge in [0, 0.05) is 16.8 Å². The zero-order chi connectivity index (χ0) is 23.3. The smallest absolute Gasteiger partial charge is 0.399 e. The molecular formula is C24H28BF2NO4. The van der Waals surface area contributed by atoms with E-state index in [9.17, 15) is 13.6 Å². The van der Waals surface area contributed by atoms with Crippen LogP contribution in [0.2, 0.25) is 0 Å². The van der Waals surface area contributed by atoms with Gasteiger partial charge in [0.2, 0.25) is 0 Å². The van der Waals surface area contributed by atoms with Crippen LogP contribution in [0.15, 0.2) is 42.5 Å². The Bertz CT molecular complexity index is 990. The highest BCUT2D eigenvalue weighted by Crippen LogP contribution is 2.37. The molecule has 2 aliphatic rings. The number of ether oxygens (including phenoxy) is 1. The third-order valence-corrected chi connectivity index (χ3v) is 6.73. The molecule has 0 spiro atoms. The van der Waals surface area contributed by atoms with Crippen molar-refractivity contribution in [3.05, 3.63) is 59.2 Å². The molecule has 0 atom stereocenters. The minimum Gasteiger partial charge on any atom is -0.399 e. The van der Waals surface area contributed by atoms with Crippen molar-refractivity contribution in [2.24, 2.45) is 0 Å². The van der Waals surface area contributed by atoms with E-state index in [4.69, 9.17) is 14.0 Å². The molecule has 0 bridgehead atoms. The van der Waals surface area contributed by atoms with Crippen molar-refractivity contribution in [1.82, 2.24) is 0 Å². The number of hydrogen-bond donors (Lipinski definition) is 0. The van der Waals surface area contributed by atoms with Gasteiger partial charge in [0.05, 0.1) is 30.5 Å². The molecule has 5 nitrogen and oxygen atoms in total. The first-order valence-electron chi connectivity index (χ1n) is 10.8. The SMILES string of the molecule is Cc1c(B2OC(C)(C)C(C)(C)O2)cccc1N(C(=O)c1ccc(C(F)F)cc1)C1COC1. The predicted octanol–water partition coefficient (Wildman–Crippen LogP) is 4.28. The number of hydrogen-bond acceptors (Lipinski definition) is 4. The van der Waals surface area contributed by atoms with Crippen LogP contribution in [-0.2, 0) is 14.0 Å². The van der Waals surface area contributed by atoms with Gasteiger partial charge in [-0.15, -0.1) is 0 Å². The Kier molecular flexibility index (Phi) is 5.90. The minimum atomic E-state index is -2.57. The van der Waals surface area contributed by atoms with Gasteiger partial charge in [-0.25, -0.2) is 8.78 Å². The summed E-state index contributed by atoms with van der Waals surface area (Å²) in [5.41, 5.74) is 1.73. The molecule has 2 fully saturated rings. The van der Waals surface area contributed by atoms with E-state index in [1.54, 1.807) is 4.90 Å². The first kappa shape index (κ1) is 22.9. The quantitative estimate of drug-likeness (QED) is 0.648. The van der Waals surface area contributed by atoms with Crippen molar-refractivity contribution in [3.63, 3.8) is 0 Å². The Balaban J connectivity index is 1.69. The molecule has 2 heterocycles. The number of benzene rings is 2. The summed E-state index contributed by atoms with van der Waals surface area (Å²) in [4.78, 5) is 15.2. The minimum absolute atomic E-state index is 0.112. The van der Waals surface area contributed by atoms with Crippen molar-refractivity contribution in [3.8, 4) is 0 Å². The standard InChI is InChI=1S/C24H28BF2NO4/c1-15-19(25-31-23(2,3)24(4,5)32-25)7-6-8-20(15)28(18-13-30-14-18)22(29)17-11-9-16(10-12-17)21(26)27/h6-12,18,21H,13-14H2,1-5H3. The molecule has 2 saturated heterocycles. The van der Waals surface area contributed by atoms with E-state index in [2.05, 4.69) is 0 Å². The van der Waals surface area contributed by atoms with Gasteiger partial charge in [0.15, 0.2) is 0 Å². The molecule has 0 aromatic heterocycles. The topological polar surface area (TPSA) is 48.0 Å². The fraction of sp³-hybridized carbons (Fsp3) is 0.458. The number of nitrogens with zero attached hydrogens (tertiary/aromatic N) is 1. The Labute approximate surface area is 187 Å². The van der Waals surface area contributed by atoms with E-state index in [0.717, 1.165) is 16.7 Å². The van der Waals surface area contributed by atoms with Crippen LogP contribution in [0.5, 0.6) is 0 Å². The van der Waals surface area contributed by atoms with Crippen LogP contribution >= 0.6 is 0 Å². The zero-order valence-electron chi connectivity index (χ0n) is 19.0. The summed E-state index contributed by atoms with van der Waals surface area (Å²) in [6.45, 7) is 10.8. The normalized spacial score (nSPS) is 19.8. The highest BCUT2D eigenvalue weighted by molar-refractivity contribution is 6.62. The summed E-state index contributed by atoms with van der Waals surface area (Å²) in [5.74, 6) is -0.256. The van der Waals surface area contributed by atoms with Gasteiger partial charge in [-0.3, -0.25) is 4.79 Å². The van der Waals surface area contributed by atoms with Crippen LogP contribution in [0, 0.1) is 6.92 Å². The summed E-state index contributed by atoms with van der Waals surface area (Å²) >= 11 is 0. The Morgan fingerprint density at radius 2 is 1.62 bits per heavy atom. The fourth-order valence-electron chi connectivity index (χ4n) is 3.88. The lowest BCUT2D eigenvalue weighted by Gasteiger charge is -2.38. The fourth-order valence-corrected chi connectivity index (χ4v) is 3.88. The van der Waals surface area contributed by atoms with Crippen LogP contribution in [-0.4, -0.2) is 43.5 Å². The third-order valence-electron chi connectivity index (χ3n) is 6.73. The summed E-state index contributed by atoms with van der Waals surface area (Å²) in [6.07, 6.45) is -2.57. The molecule has 1 amide bonds. The molecular weight excluding hydrogens is 415 g/mol. The van der Waals surface area contributed by atoms with E-state index in [-0.39, 0.29) is 17.5 Å². The maximum Gasteiger partial charge on any atom is 0.495 e. The molecule has 32 heavy (non-hydrogen) atoms. The lowest BCUT2D eigenvalue weighted by Crippen LogP contribution is -2.53. The van der Waals surface area contributed by atoms with Gasteiger partial charge in [-0.1, -0.05) is 24.3 Å². The molecule has 4 rings (SSSR count). The molecule has 2 aliphatic heterocycles. The van der Waals surface area contributed by atoms with Gasteiger partial charge in [-0.2, -0.15) is 0 Å². The van der Waals surface area contributed by atoms with E-state index in [1.807, 2.05) is 52.8 Å². The number of carbonyl (C=O) groups excluding carboxylic acids is 1. The van der Waals surface area contributed by atoms with E-state index in [0.29, 0.717) is 18.8 Å². The molecule has 0 saturated carbocycles. The average Bonchev–Trinajstić information content (AvgIpc) is 2.91. The van der Waals surface area contributed by atoms with Crippen LogP contribution in [0.4, 0.5) is 14.5 Å². The number of amides is 1. The lowest BCUT2D eigenvalue weighted by atomic mass is 9.75. The van der Waals surface area contributed by atoms with Crippen LogP contribution in [0.1, 0.15) is 55.6 Å². The number of anilines is 1. The van der Waals surface area contributed by atoms with Gasteiger partial charge in [0.25, 0.3) is 12.3 Å². The molecule has 0 unspecified atom stereocenters. The van der Waals surface area contributed by atoms with Crippen molar-refractivity contribution in [2.45, 2.75) is 58.3 Å². The van der Waals surface area contributed by atoms with Gasteiger partial charge >= 0.3 is 7.12 Å². The summed E-state index contributed by atoms with van der Waals surface area (Å²) < 4.78 is 43.7. The second-order valence-corrected chi connectivity index (χ2v) is 9.37. The van der Waals surface area contributed by atoms with Gasteiger partial charge < -0.3 is 18.9 Å². The van der Waals surface area contributed by atoms with Crippen molar-refractivity contribution in [1.29, 1.82) is 0 Å². The van der Waals surface area contributed by atoms with Crippen molar-refractivity contribution >= 4 is 24.2 Å². The van der Waals surface area contributed by atoms with Gasteiger partial charge in [-0.05, 0) is 63.8 Å². The lowest BCUT2D eigenvalue weighted by molar-refractivity contribution is 0.00578. The molecule has 0 aliphatic carbocycles. The molecule has 8 heteroatoms. The maximum atomic E-state index is 13.5. The largest absolute Gasteiger partial charge is 0.495 e. The average molecular weight is 443 g/mol. The zero-order valence-corrected chi connectivity index (χ0v) is 19.0. The number of halogens is 2. The monoisotopic (exact) mass is 443 g/mol. The molecule has 0 N–H and O–H groups in total. The Morgan fingerprint density at radius 3 is 2.12 bits per heavy atom. The molecule has 2 aromatic rings. The number of carbonyl (C=O) groups is 1. The van der Waals surface area contributed by atoms with Crippen LogP contribution in [0.25, 0.3) is 0 Å². The predicted molar refractivity (Wildman–Crippen MR) is 120 cm³/mol. The van der Waals surface area contributed by atoms with Crippen molar-refractivity contribution < 1.29 is 27.6 Å².